The van der Waals surface area contributed by atoms with Crippen LogP contribution in [0.3, 0.4) is 0 Å². The average molecular weight is 231 g/mol. The second kappa shape index (κ2) is 4.04. The van der Waals surface area contributed by atoms with E-state index in [9.17, 15) is 4.39 Å². The van der Waals surface area contributed by atoms with Crippen molar-refractivity contribution in [1.82, 2.24) is 0 Å². The molecule has 1 aromatic rings. The highest BCUT2D eigenvalue weighted by Gasteiger charge is 2.06. The molecule has 0 fully saturated rings. The predicted octanol–water partition coefficient (Wildman–Crippen LogP) is 3.71. The first-order valence-corrected chi connectivity index (χ1v) is 4.95. The zero-order valence-electron chi connectivity index (χ0n) is 7.32. The van der Waals surface area contributed by atoms with Gasteiger partial charge in [0.15, 0.2) is 0 Å². The normalized spacial score (nSPS) is 10.3. The van der Waals surface area contributed by atoms with Gasteiger partial charge in [0.2, 0.25) is 0 Å². The fraction of sp³-hybridized carbons (Fsp3) is 0.400. The highest BCUT2D eigenvalue weighted by atomic mass is 79.9. The molecule has 0 saturated heterocycles. The Bertz CT molecular complexity index is 256. The molecule has 0 aliphatic carbocycles. The van der Waals surface area contributed by atoms with Crippen LogP contribution in [0.1, 0.15) is 25.0 Å². The summed E-state index contributed by atoms with van der Waals surface area (Å²) in [7, 11) is 0. The van der Waals surface area contributed by atoms with Crippen molar-refractivity contribution in [1.29, 1.82) is 0 Å². The Kier molecular flexibility index (Phi) is 3.27. The number of halogens is 2. The van der Waals surface area contributed by atoms with Gasteiger partial charge < -0.3 is 0 Å². The molecule has 0 spiro atoms. The van der Waals surface area contributed by atoms with Crippen LogP contribution in [0.25, 0.3) is 0 Å². The fourth-order valence-corrected chi connectivity index (χ4v) is 1.77. The van der Waals surface area contributed by atoms with Crippen molar-refractivity contribution in [3.05, 3.63) is 33.5 Å². The minimum atomic E-state index is -0.0387. The molecule has 1 aromatic carbocycles. The Labute approximate surface area is 80.9 Å². The van der Waals surface area contributed by atoms with Crippen molar-refractivity contribution >= 4 is 15.9 Å². The topological polar surface area (TPSA) is 0 Å². The van der Waals surface area contributed by atoms with Crippen LogP contribution in [-0.4, -0.2) is 0 Å². The van der Waals surface area contributed by atoms with Crippen molar-refractivity contribution in [3.63, 3.8) is 0 Å². The van der Waals surface area contributed by atoms with E-state index in [2.05, 4.69) is 15.9 Å². The number of hydrogen-bond donors (Lipinski definition) is 0. The quantitative estimate of drug-likeness (QED) is 0.727. The molecule has 0 N–H and O–H groups in total. The maximum atomic E-state index is 13.4. The summed E-state index contributed by atoms with van der Waals surface area (Å²) < 4.78 is 14.4. The molecule has 0 saturated carbocycles. The first-order chi connectivity index (χ1) is 5.69. The van der Waals surface area contributed by atoms with Crippen LogP contribution in [-0.2, 0) is 12.8 Å². The van der Waals surface area contributed by atoms with Gasteiger partial charge in [-0.15, -0.1) is 0 Å². The molecule has 0 unspecified atom stereocenters. The van der Waals surface area contributed by atoms with Crippen molar-refractivity contribution in [3.8, 4) is 0 Å². The van der Waals surface area contributed by atoms with Gasteiger partial charge in [-0.1, -0.05) is 29.8 Å². The molecule has 0 bridgehead atoms. The van der Waals surface area contributed by atoms with Crippen LogP contribution >= 0.6 is 15.9 Å². The highest BCUT2D eigenvalue weighted by molar-refractivity contribution is 9.10. The van der Waals surface area contributed by atoms with Crippen LogP contribution in [0.4, 0.5) is 4.39 Å². The van der Waals surface area contributed by atoms with Crippen molar-refractivity contribution in [2.24, 2.45) is 0 Å². The summed E-state index contributed by atoms with van der Waals surface area (Å²) in [5.74, 6) is -0.0387. The minimum absolute atomic E-state index is 0.0387. The van der Waals surface area contributed by atoms with E-state index in [1.54, 1.807) is 0 Å². The molecule has 1 rings (SSSR count). The monoisotopic (exact) mass is 230 g/mol. The summed E-state index contributed by atoms with van der Waals surface area (Å²) in [4.78, 5) is 0. The smallest absolute Gasteiger partial charge is 0.129 e. The number of benzene rings is 1. The maximum absolute atomic E-state index is 13.4. The summed E-state index contributed by atoms with van der Waals surface area (Å²) in [6.45, 7) is 3.93. The van der Waals surface area contributed by atoms with E-state index in [0.717, 1.165) is 28.4 Å². The molecule has 0 amide bonds. The molecule has 0 nitrogen and oxygen atoms in total. The van der Waals surface area contributed by atoms with E-state index in [4.69, 9.17) is 0 Å². The summed E-state index contributed by atoms with van der Waals surface area (Å²) >= 11 is 3.36. The molecule has 0 atom stereocenters. The lowest BCUT2D eigenvalue weighted by Gasteiger charge is -2.05. The molecule has 0 aliphatic rings. The maximum Gasteiger partial charge on any atom is 0.129 e. The zero-order valence-corrected chi connectivity index (χ0v) is 8.91. The van der Waals surface area contributed by atoms with E-state index in [0.29, 0.717) is 0 Å². The first kappa shape index (κ1) is 9.72. The van der Waals surface area contributed by atoms with E-state index < -0.39 is 0 Å². The van der Waals surface area contributed by atoms with Crippen LogP contribution in [0.2, 0.25) is 0 Å². The Morgan fingerprint density at radius 3 is 1.92 bits per heavy atom. The minimum Gasteiger partial charge on any atom is -0.206 e. The Morgan fingerprint density at radius 1 is 1.17 bits per heavy atom. The van der Waals surface area contributed by atoms with Crippen molar-refractivity contribution in [2.45, 2.75) is 26.7 Å². The van der Waals surface area contributed by atoms with Crippen LogP contribution < -0.4 is 0 Å². The van der Waals surface area contributed by atoms with Crippen molar-refractivity contribution < 1.29 is 4.39 Å². The molecule has 0 radical (unpaired) electrons. The van der Waals surface area contributed by atoms with E-state index in [1.807, 2.05) is 26.0 Å². The zero-order chi connectivity index (χ0) is 9.14. The lowest BCUT2D eigenvalue weighted by Crippen LogP contribution is -1.94. The summed E-state index contributed by atoms with van der Waals surface area (Å²) in [6.07, 6.45) is 1.50. The fourth-order valence-electron chi connectivity index (χ4n) is 1.22. The number of hydrogen-bond acceptors (Lipinski definition) is 0. The molecule has 2 heteroatoms. The van der Waals surface area contributed by atoms with E-state index in [1.165, 1.54) is 0 Å². The second-order valence-corrected chi connectivity index (χ2v) is 3.66. The van der Waals surface area contributed by atoms with Gasteiger partial charge in [0, 0.05) is 4.47 Å². The van der Waals surface area contributed by atoms with Gasteiger partial charge in [-0.3, -0.25) is 0 Å². The van der Waals surface area contributed by atoms with E-state index >= 15 is 0 Å². The van der Waals surface area contributed by atoms with Crippen LogP contribution in [0, 0.1) is 5.82 Å². The predicted molar refractivity (Wildman–Crippen MR) is 52.9 cm³/mol. The van der Waals surface area contributed by atoms with E-state index in [-0.39, 0.29) is 5.82 Å². The van der Waals surface area contributed by atoms with Gasteiger partial charge in [-0.25, -0.2) is 4.39 Å². The van der Waals surface area contributed by atoms with Gasteiger partial charge in [0.25, 0.3) is 0 Å². The third-order valence-corrected chi connectivity index (χ3v) is 2.41. The van der Waals surface area contributed by atoms with Gasteiger partial charge in [-0.2, -0.15) is 0 Å². The summed E-state index contributed by atoms with van der Waals surface area (Å²) in [5, 5.41) is 0. The van der Waals surface area contributed by atoms with Crippen LogP contribution in [0.5, 0.6) is 0 Å². The van der Waals surface area contributed by atoms with Crippen LogP contribution in [0.15, 0.2) is 16.6 Å². The molecular formula is C10H12BrF. The molecule has 66 valence electrons. The molecule has 0 aromatic heterocycles. The lowest BCUT2D eigenvalue weighted by atomic mass is 10.1. The van der Waals surface area contributed by atoms with Gasteiger partial charge in [-0.05, 0) is 36.1 Å². The molecule has 12 heavy (non-hydrogen) atoms. The lowest BCUT2D eigenvalue weighted by molar-refractivity contribution is 0.596. The largest absolute Gasteiger partial charge is 0.206 e. The second-order valence-electron chi connectivity index (χ2n) is 2.75. The van der Waals surface area contributed by atoms with Gasteiger partial charge in [0.05, 0.1) is 0 Å². The third-order valence-electron chi connectivity index (χ3n) is 1.95. The number of rotatable bonds is 2. The standard InChI is InChI=1S/C10H12BrF/c1-3-7-5-9(11)6-8(4-2)10(7)12/h5-6H,3-4H2,1-2H3. The molecule has 0 heterocycles. The SMILES string of the molecule is CCc1cc(Br)cc(CC)c1F. The summed E-state index contributed by atoms with van der Waals surface area (Å²) in [5.41, 5.74) is 1.59. The highest BCUT2D eigenvalue weighted by Crippen LogP contribution is 2.21. The first-order valence-electron chi connectivity index (χ1n) is 4.15. The van der Waals surface area contributed by atoms with Gasteiger partial charge in [0.1, 0.15) is 5.82 Å². The Hall–Kier alpha value is -0.370. The number of aryl methyl sites for hydroxylation is 2. The Balaban J connectivity index is 3.22. The molecular weight excluding hydrogens is 219 g/mol. The molecule has 0 aliphatic heterocycles. The van der Waals surface area contributed by atoms with Gasteiger partial charge >= 0.3 is 0 Å². The van der Waals surface area contributed by atoms with Crippen molar-refractivity contribution in [2.75, 3.05) is 0 Å². The average Bonchev–Trinajstić information content (AvgIpc) is 2.08. The summed E-state index contributed by atoms with van der Waals surface area (Å²) in [6, 6.07) is 3.68. The third kappa shape index (κ3) is 1.86. The Morgan fingerprint density at radius 2 is 1.58 bits per heavy atom.